The number of benzene rings is 2. The monoisotopic (exact) mass is 283 g/mol. The van der Waals surface area contributed by atoms with Crippen LogP contribution in [0.5, 0.6) is 11.5 Å². The Balaban J connectivity index is 1.82. The van der Waals surface area contributed by atoms with Crippen molar-refractivity contribution in [2.24, 2.45) is 0 Å². The van der Waals surface area contributed by atoms with E-state index in [0.29, 0.717) is 0 Å². The van der Waals surface area contributed by atoms with Crippen molar-refractivity contribution in [3.05, 3.63) is 65.7 Å². The van der Waals surface area contributed by atoms with Crippen LogP contribution in [0.15, 0.2) is 54.6 Å². The molecule has 0 spiro atoms. The smallest absolute Gasteiger partial charge is 0.161 e. The highest BCUT2D eigenvalue weighted by Crippen LogP contribution is 2.27. The predicted molar refractivity (Wildman–Crippen MR) is 86.7 cm³/mol. The van der Waals surface area contributed by atoms with Crippen LogP contribution in [0.25, 0.3) is 6.08 Å². The van der Waals surface area contributed by atoms with E-state index in [1.54, 1.807) is 14.2 Å². The molecule has 3 nitrogen and oxygen atoms in total. The lowest BCUT2D eigenvalue weighted by molar-refractivity contribution is 0.354. The molecule has 2 aromatic rings. The van der Waals surface area contributed by atoms with Gasteiger partial charge in [-0.3, -0.25) is 0 Å². The highest BCUT2D eigenvalue weighted by molar-refractivity contribution is 5.48. The fraction of sp³-hybridized carbons (Fsp3) is 0.222. The number of hydrogen-bond donors (Lipinski definition) is 1. The second kappa shape index (κ2) is 8.12. The van der Waals surface area contributed by atoms with Crippen LogP contribution in [-0.4, -0.2) is 20.8 Å². The minimum Gasteiger partial charge on any atom is -0.493 e. The number of hydrogen-bond acceptors (Lipinski definition) is 3. The molecule has 0 saturated carbocycles. The Bertz CT molecular complexity index is 579. The van der Waals surface area contributed by atoms with Gasteiger partial charge in [-0.2, -0.15) is 0 Å². The summed E-state index contributed by atoms with van der Waals surface area (Å²) in [7, 11) is 3.29. The molecule has 0 unspecified atom stereocenters. The highest BCUT2D eigenvalue weighted by Gasteiger charge is 2.03. The topological polar surface area (TPSA) is 30.5 Å². The molecule has 0 aliphatic rings. The summed E-state index contributed by atoms with van der Waals surface area (Å²) in [5, 5.41) is 3.38. The lowest BCUT2D eigenvalue weighted by Crippen LogP contribution is -2.12. The number of methoxy groups -OCH3 is 2. The maximum atomic E-state index is 5.30. The van der Waals surface area contributed by atoms with Crippen molar-refractivity contribution >= 4 is 6.08 Å². The summed E-state index contributed by atoms with van der Waals surface area (Å²) < 4.78 is 10.5. The first-order chi connectivity index (χ1) is 10.3. The standard InChI is InChI=1S/C18H21NO2/c1-20-17-11-10-16(13-18(17)21-2)14-19-12-6-9-15-7-4-3-5-8-15/h3-11,13,19H,12,14H2,1-2H3. The molecule has 0 amide bonds. The molecule has 0 aliphatic heterocycles. The molecule has 0 aliphatic carbocycles. The summed E-state index contributed by atoms with van der Waals surface area (Å²) in [6, 6.07) is 16.2. The maximum Gasteiger partial charge on any atom is 0.161 e. The highest BCUT2D eigenvalue weighted by atomic mass is 16.5. The van der Waals surface area contributed by atoms with Crippen LogP contribution in [0, 0.1) is 0 Å². The molecule has 0 saturated heterocycles. The molecule has 0 aromatic heterocycles. The third kappa shape index (κ3) is 4.65. The van der Waals surface area contributed by atoms with Crippen LogP contribution >= 0.6 is 0 Å². The Kier molecular flexibility index (Phi) is 5.85. The summed E-state index contributed by atoms with van der Waals surface area (Å²) in [6.45, 7) is 1.61. The Morgan fingerprint density at radius 3 is 2.43 bits per heavy atom. The van der Waals surface area contributed by atoms with Crippen LogP contribution < -0.4 is 14.8 Å². The van der Waals surface area contributed by atoms with E-state index in [-0.39, 0.29) is 0 Å². The van der Waals surface area contributed by atoms with Gasteiger partial charge in [-0.25, -0.2) is 0 Å². The van der Waals surface area contributed by atoms with Gasteiger partial charge in [0.1, 0.15) is 0 Å². The van der Waals surface area contributed by atoms with Crippen molar-refractivity contribution in [1.29, 1.82) is 0 Å². The number of rotatable bonds is 7. The average Bonchev–Trinajstić information content (AvgIpc) is 2.55. The van der Waals surface area contributed by atoms with Crippen LogP contribution in [0.2, 0.25) is 0 Å². The molecule has 21 heavy (non-hydrogen) atoms. The summed E-state index contributed by atoms with van der Waals surface area (Å²) in [4.78, 5) is 0. The minimum absolute atomic E-state index is 0.755. The van der Waals surface area contributed by atoms with E-state index in [1.807, 2.05) is 36.4 Å². The van der Waals surface area contributed by atoms with Crippen LogP contribution in [0.4, 0.5) is 0 Å². The third-order valence-corrected chi connectivity index (χ3v) is 3.15. The predicted octanol–water partition coefficient (Wildman–Crippen LogP) is 3.51. The molecule has 2 rings (SSSR count). The lowest BCUT2D eigenvalue weighted by Gasteiger charge is -2.09. The number of ether oxygens (including phenoxy) is 2. The van der Waals surface area contributed by atoms with E-state index in [1.165, 1.54) is 11.1 Å². The Labute approximate surface area is 126 Å². The molecule has 0 atom stereocenters. The fourth-order valence-corrected chi connectivity index (χ4v) is 2.05. The average molecular weight is 283 g/mol. The molecule has 1 N–H and O–H groups in total. The largest absolute Gasteiger partial charge is 0.493 e. The zero-order valence-corrected chi connectivity index (χ0v) is 12.5. The zero-order chi connectivity index (χ0) is 14.9. The molecular formula is C18H21NO2. The van der Waals surface area contributed by atoms with Gasteiger partial charge < -0.3 is 14.8 Å². The van der Waals surface area contributed by atoms with Gasteiger partial charge in [0.2, 0.25) is 0 Å². The van der Waals surface area contributed by atoms with Crippen LogP contribution in [-0.2, 0) is 6.54 Å². The van der Waals surface area contributed by atoms with E-state index in [2.05, 4.69) is 29.6 Å². The molecule has 110 valence electrons. The van der Waals surface area contributed by atoms with Crippen molar-refractivity contribution < 1.29 is 9.47 Å². The third-order valence-electron chi connectivity index (χ3n) is 3.15. The van der Waals surface area contributed by atoms with Crippen molar-refractivity contribution in [3.63, 3.8) is 0 Å². The first kappa shape index (κ1) is 15.1. The van der Waals surface area contributed by atoms with Gasteiger partial charge in [-0.15, -0.1) is 0 Å². The van der Waals surface area contributed by atoms with E-state index in [4.69, 9.17) is 9.47 Å². The summed E-state index contributed by atoms with van der Waals surface area (Å²) in [5.74, 6) is 1.52. The normalized spacial score (nSPS) is 10.8. The molecule has 0 bridgehead atoms. The van der Waals surface area contributed by atoms with E-state index in [0.717, 1.165) is 24.6 Å². The molecule has 3 heteroatoms. The minimum atomic E-state index is 0.755. The van der Waals surface area contributed by atoms with Crippen molar-refractivity contribution in [3.8, 4) is 11.5 Å². The van der Waals surface area contributed by atoms with Crippen molar-refractivity contribution in [2.75, 3.05) is 20.8 Å². The number of nitrogens with one attached hydrogen (secondary N) is 1. The lowest BCUT2D eigenvalue weighted by atomic mass is 10.2. The fourth-order valence-electron chi connectivity index (χ4n) is 2.05. The van der Waals surface area contributed by atoms with Gasteiger partial charge in [0, 0.05) is 13.1 Å². The zero-order valence-electron chi connectivity index (χ0n) is 12.5. The molecule has 0 fully saturated rings. The second-order valence-electron chi connectivity index (χ2n) is 4.63. The van der Waals surface area contributed by atoms with Crippen LogP contribution in [0.1, 0.15) is 11.1 Å². The van der Waals surface area contributed by atoms with Crippen molar-refractivity contribution in [1.82, 2.24) is 5.32 Å². The van der Waals surface area contributed by atoms with Gasteiger partial charge in [0.25, 0.3) is 0 Å². The van der Waals surface area contributed by atoms with E-state index < -0.39 is 0 Å². The Morgan fingerprint density at radius 1 is 0.952 bits per heavy atom. The SMILES string of the molecule is COc1ccc(CNCC=Cc2ccccc2)cc1OC. The second-order valence-corrected chi connectivity index (χ2v) is 4.63. The molecule has 2 aromatic carbocycles. The Hall–Kier alpha value is -2.26. The van der Waals surface area contributed by atoms with Crippen molar-refractivity contribution in [2.45, 2.75) is 6.54 Å². The molecule has 0 radical (unpaired) electrons. The molecule has 0 heterocycles. The molecular weight excluding hydrogens is 262 g/mol. The van der Waals surface area contributed by atoms with Gasteiger partial charge in [0.05, 0.1) is 14.2 Å². The maximum absolute atomic E-state index is 5.30. The van der Waals surface area contributed by atoms with Gasteiger partial charge >= 0.3 is 0 Å². The Morgan fingerprint density at radius 2 is 1.71 bits per heavy atom. The summed E-state index contributed by atoms with van der Waals surface area (Å²) >= 11 is 0. The quantitative estimate of drug-likeness (QED) is 0.789. The van der Waals surface area contributed by atoms with E-state index in [9.17, 15) is 0 Å². The van der Waals surface area contributed by atoms with Crippen LogP contribution in [0.3, 0.4) is 0 Å². The van der Waals surface area contributed by atoms with E-state index >= 15 is 0 Å². The first-order valence-electron chi connectivity index (χ1n) is 6.96. The first-order valence-corrected chi connectivity index (χ1v) is 6.96. The van der Waals surface area contributed by atoms with Gasteiger partial charge in [-0.05, 0) is 23.3 Å². The van der Waals surface area contributed by atoms with Gasteiger partial charge in [0.15, 0.2) is 11.5 Å². The summed E-state index contributed by atoms with van der Waals surface area (Å²) in [5.41, 5.74) is 2.38. The van der Waals surface area contributed by atoms with Gasteiger partial charge in [-0.1, -0.05) is 48.6 Å². The summed E-state index contributed by atoms with van der Waals surface area (Å²) in [6.07, 6.45) is 4.23.